The molecule has 0 aliphatic heterocycles. The van der Waals surface area contributed by atoms with Crippen LogP contribution in [0.4, 0.5) is 17.6 Å². The van der Waals surface area contributed by atoms with Gasteiger partial charge in [-0.1, -0.05) is 0 Å². The van der Waals surface area contributed by atoms with Gasteiger partial charge < -0.3 is 5.32 Å². The van der Waals surface area contributed by atoms with Gasteiger partial charge in [-0.3, -0.25) is 0 Å². The van der Waals surface area contributed by atoms with Crippen molar-refractivity contribution in [1.82, 2.24) is 15.1 Å². The average Bonchev–Trinajstić information content (AvgIpc) is 2.87. The molecule has 0 aliphatic rings. The number of rotatable bonds is 3. The zero-order valence-electron chi connectivity index (χ0n) is 10.9. The third kappa shape index (κ3) is 2.82. The van der Waals surface area contributed by atoms with Crippen LogP contribution in [0.3, 0.4) is 0 Å². The van der Waals surface area contributed by atoms with E-state index in [4.69, 9.17) is 0 Å². The quantitative estimate of drug-likeness (QED) is 0.878. The summed E-state index contributed by atoms with van der Waals surface area (Å²) in [5.41, 5.74) is -0.0436. The maximum absolute atomic E-state index is 13.3. The lowest BCUT2D eigenvalue weighted by atomic mass is 10.1. The molecular weight excluding hydrogens is 274 g/mol. The highest BCUT2D eigenvalue weighted by molar-refractivity contribution is 5.42. The van der Waals surface area contributed by atoms with Gasteiger partial charge in [-0.05, 0) is 43.8 Å². The number of alkyl halides is 3. The van der Waals surface area contributed by atoms with Crippen LogP contribution in [0.5, 0.6) is 0 Å². The third-order valence-electron chi connectivity index (χ3n) is 3.02. The average molecular weight is 287 g/mol. The van der Waals surface area contributed by atoms with E-state index >= 15 is 0 Å². The summed E-state index contributed by atoms with van der Waals surface area (Å²) in [5.74, 6) is -0.450. The van der Waals surface area contributed by atoms with Crippen molar-refractivity contribution >= 4 is 0 Å². The highest BCUT2D eigenvalue weighted by Crippen LogP contribution is 2.29. The van der Waals surface area contributed by atoms with Crippen molar-refractivity contribution in [3.63, 3.8) is 0 Å². The Kier molecular flexibility index (Phi) is 3.80. The fourth-order valence-electron chi connectivity index (χ4n) is 1.85. The van der Waals surface area contributed by atoms with E-state index in [1.54, 1.807) is 14.0 Å². The number of benzene rings is 1. The van der Waals surface area contributed by atoms with Crippen LogP contribution in [-0.2, 0) is 6.18 Å². The summed E-state index contributed by atoms with van der Waals surface area (Å²) >= 11 is 0. The van der Waals surface area contributed by atoms with E-state index in [2.05, 4.69) is 10.4 Å². The monoisotopic (exact) mass is 287 g/mol. The van der Waals surface area contributed by atoms with Gasteiger partial charge in [0.2, 0.25) is 0 Å². The van der Waals surface area contributed by atoms with Crippen LogP contribution >= 0.6 is 0 Å². The maximum Gasteiger partial charge on any atom is 0.435 e. The third-order valence-corrected chi connectivity index (χ3v) is 3.02. The fraction of sp³-hybridized carbons (Fsp3) is 0.308. The molecule has 1 heterocycles. The second kappa shape index (κ2) is 5.24. The van der Waals surface area contributed by atoms with Crippen molar-refractivity contribution in [3.05, 3.63) is 47.5 Å². The fourth-order valence-corrected chi connectivity index (χ4v) is 1.85. The van der Waals surface area contributed by atoms with E-state index < -0.39 is 17.7 Å². The van der Waals surface area contributed by atoms with Crippen LogP contribution in [0.1, 0.15) is 24.2 Å². The van der Waals surface area contributed by atoms with Gasteiger partial charge in [0.05, 0.1) is 5.69 Å². The number of nitrogens with zero attached hydrogens (tertiary/aromatic N) is 2. The van der Waals surface area contributed by atoms with E-state index in [1.807, 2.05) is 0 Å². The summed E-state index contributed by atoms with van der Waals surface area (Å²) in [4.78, 5) is 0. The minimum absolute atomic E-state index is 0.223. The molecule has 0 radical (unpaired) electrons. The molecule has 1 atom stereocenters. The Labute approximate surface area is 113 Å². The summed E-state index contributed by atoms with van der Waals surface area (Å²) in [7, 11) is 1.68. The molecule has 0 bridgehead atoms. The van der Waals surface area contributed by atoms with Crippen molar-refractivity contribution in [1.29, 1.82) is 0 Å². The summed E-state index contributed by atoms with van der Waals surface area (Å²) in [5, 5.41) is 6.43. The molecule has 0 amide bonds. The van der Waals surface area contributed by atoms with Gasteiger partial charge in [0, 0.05) is 12.2 Å². The topological polar surface area (TPSA) is 29.9 Å². The normalized spacial score (nSPS) is 13.5. The van der Waals surface area contributed by atoms with Gasteiger partial charge in [-0.15, -0.1) is 0 Å². The summed E-state index contributed by atoms with van der Waals surface area (Å²) in [6.07, 6.45) is -3.29. The highest BCUT2D eigenvalue weighted by atomic mass is 19.4. The Morgan fingerprint density at radius 2 is 1.95 bits per heavy atom. The van der Waals surface area contributed by atoms with Gasteiger partial charge in [-0.2, -0.15) is 18.3 Å². The molecule has 20 heavy (non-hydrogen) atoms. The number of aromatic nitrogens is 2. The number of halogens is 4. The van der Waals surface area contributed by atoms with Gasteiger partial charge in [-0.25, -0.2) is 9.07 Å². The molecular formula is C13H13F4N3. The van der Waals surface area contributed by atoms with Crippen molar-refractivity contribution in [2.75, 3.05) is 7.05 Å². The highest BCUT2D eigenvalue weighted by Gasteiger charge is 2.33. The van der Waals surface area contributed by atoms with E-state index in [1.165, 1.54) is 24.4 Å². The van der Waals surface area contributed by atoms with Gasteiger partial charge >= 0.3 is 6.18 Å². The Morgan fingerprint density at radius 3 is 2.50 bits per heavy atom. The summed E-state index contributed by atoms with van der Waals surface area (Å²) in [6, 6.07) is 4.55. The van der Waals surface area contributed by atoms with Gasteiger partial charge in [0.25, 0.3) is 0 Å². The minimum Gasteiger partial charge on any atom is -0.313 e. The molecule has 0 aliphatic carbocycles. The van der Waals surface area contributed by atoms with Crippen LogP contribution in [-0.4, -0.2) is 16.8 Å². The lowest BCUT2D eigenvalue weighted by Gasteiger charge is -2.16. The SMILES string of the molecule is CNC(C)c1cc(F)ccc1-n1ccc(C(F)(F)F)n1. The van der Waals surface area contributed by atoms with E-state index in [9.17, 15) is 17.6 Å². The second-order valence-electron chi connectivity index (χ2n) is 4.36. The zero-order valence-corrected chi connectivity index (χ0v) is 10.9. The van der Waals surface area contributed by atoms with Crippen LogP contribution < -0.4 is 5.32 Å². The summed E-state index contributed by atoms with van der Waals surface area (Å²) in [6.45, 7) is 1.78. The van der Waals surface area contributed by atoms with Crippen LogP contribution in [0, 0.1) is 5.82 Å². The standard InChI is InChI=1S/C13H13F4N3/c1-8(18-2)10-7-9(14)3-4-11(10)20-6-5-12(19-20)13(15,16)17/h3-8,18H,1-2H3. The molecule has 108 valence electrons. The van der Waals surface area contributed by atoms with Gasteiger partial charge in [0.15, 0.2) is 5.69 Å². The second-order valence-corrected chi connectivity index (χ2v) is 4.36. The van der Waals surface area contributed by atoms with Crippen LogP contribution in [0.15, 0.2) is 30.5 Å². The molecule has 0 spiro atoms. The first-order valence-corrected chi connectivity index (χ1v) is 5.93. The molecule has 2 rings (SSSR count). The molecule has 2 aromatic rings. The Morgan fingerprint density at radius 1 is 1.25 bits per heavy atom. The molecule has 7 heteroatoms. The van der Waals surface area contributed by atoms with E-state index in [0.717, 1.165) is 10.7 Å². The molecule has 0 fully saturated rings. The Balaban J connectivity index is 2.50. The zero-order chi connectivity index (χ0) is 14.9. The van der Waals surface area contributed by atoms with Crippen LogP contribution in [0.25, 0.3) is 5.69 Å². The number of hydrogen-bond acceptors (Lipinski definition) is 2. The number of nitrogens with one attached hydrogen (secondary N) is 1. The first-order chi connectivity index (χ1) is 9.32. The molecule has 1 unspecified atom stereocenters. The smallest absolute Gasteiger partial charge is 0.313 e. The Hall–Kier alpha value is -1.89. The van der Waals surface area contributed by atoms with Crippen molar-refractivity contribution in [3.8, 4) is 5.69 Å². The lowest BCUT2D eigenvalue weighted by Crippen LogP contribution is -2.16. The van der Waals surface area contributed by atoms with Crippen molar-refractivity contribution in [2.24, 2.45) is 0 Å². The predicted molar refractivity (Wildman–Crippen MR) is 66.0 cm³/mol. The van der Waals surface area contributed by atoms with Crippen molar-refractivity contribution in [2.45, 2.75) is 19.1 Å². The predicted octanol–water partition coefficient (Wildman–Crippen LogP) is 3.31. The van der Waals surface area contributed by atoms with E-state index in [-0.39, 0.29) is 6.04 Å². The largest absolute Gasteiger partial charge is 0.435 e. The molecule has 1 aromatic heterocycles. The summed E-state index contributed by atoms with van der Waals surface area (Å²) < 4.78 is 52.1. The van der Waals surface area contributed by atoms with Crippen molar-refractivity contribution < 1.29 is 17.6 Å². The van der Waals surface area contributed by atoms with Gasteiger partial charge in [0.1, 0.15) is 5.82 Å². The molecule has 3 nitrogen and oxygen atoms in total. The molecule has 1 aromatic carbocycles. The molecule has 1 N–H and O–H groups in total. The first kappa shape index (κ1) is 14.5. The molecule has 0 saturated carbocycles. The van der Waals surface area contributed by atoms with E-state index in [0.29, 0.717) is 11.3 Å². The Bertz CT molecular complexity index is 604. The number of hydrogen-bond donors (Lipinski definition) is 1. The van der Waals surface area contributed by atoms with Crippen LogP contribution in [0.2, 0.25) is 0 Å². The molecule has 0 saturated heterocycles. The first-order valence-electron chi connectivity index (χ1n) is 5.93. The minimum atomic E-state index is -4.50. The maximum atomic E-state index is 13.3. The lowest BCUT2D eigenvalue weighted by molar-refractivity contribution is -0.141.